The number of benzene rings is 2. The van der Waals surface area contributed by atoms with Gasteiger partial charge in [0.2, 0.25) is 0 Å². The third-order valence-corrected chi connectivity index (χ3v) is 3.15. The summed E-state index contributed by atoms with van der Waals surface area (Å²) in [6.07, 6.45) is 0. The Morgan fingerprint density at radius 1 is 1.10 bits per heavy atom. The molecule has 0 fully saturated rings. The van der Waals surface area contributed by atoms with Gasteiger partial charge >= 0.3 is 0 Å². The van der Waals surface area contributed by atoms with Crippen LogP contribution in [0.25, 0.3) is 10.8 Å². The minimum Gasteiger partial charge on any atom is -0.382 e. The third-order valence-electron chi connectivity index (χ3n) is 3.15. The summed E-state index contributed by atoms with van der Waals surface area (Å²) in [6.45, 7) is 0.980. The number of fused-ring (bicyclic) bond motifs is 1. The van der Waals surface area contributed by atoms with Crippen molar-refractivity contribution in [2.45, 2.75) is 0 Å². The molecule has 2 aromatic rings. The van der Waals surface area contributed by atoms with Crippen LogP contribution >= 0.6 is 0 Å². The number of amides is 1. The topological polar surface area (TPSA) is 38.8 Å². The lowest BCUT2D eigenvalue weighted by molar-refractivity contribution is -0.123. The highest BCUT2D eigenvalue weighted by molar-refractivity contribution is 5.96. The van der Waals surface area contributed by atoms with Crippen LogP contribution in [0.5, 0.6) is 0 Å². The van der Waals surface area contributed by atoms with E-state index in [0.717, 1.165) is 16.5 Å². The van der Waals surface area contributed by atoms with Crippen molar-refractivity contribution in [1.29, 1.82) is 0 Å². The normalized spacial score (nSPS) is 10.7. The maximum Gasteiger partial charge on any atom is 0.252 e. The average molecular weight is 273 g/mol. The summed E-state index contributed by atoms with van der Waals surface area (Å²) < 4.78 is 10.1. The fourth-order valence-electron chi connectivity index (χ4n) is 1.93. The second-order valence-electron chi connectivity index (χ2n) is 4.53. The Labute approximate surface area is 118 Å². The van der Waals surface area contributed by atoms with Gasteiger partial charge in [-0.3, -0.25) is 4.79 Å². The Morgan fingerprint density at radius 3 is 2.60 bits per heavy atom. The number of ether oxygens (including phenoxy) is 2. The standard InChI is InChI=1S/C16H19NO3/c1-17(16(18)12-20-10-9-19-2)15-8-7-13-5-3-4-6-14(13)11-15/h3-8,11H,9-10,12H2,1-2H3. The van der Waals surface area contributed by atoms with Gasteiger partial charge in [-0.15, -0.1) is 0 Å². The molecule has 106 valence electrons. The number of anilines is 1. The minimum atomic E-state index is -0.0728. The first-order chi connectivity index (χ1) is 9.72. The van der Waals surface area contributed by atoms with Gasteiger partial charge in [-0.25, -0.2) is 0 Å². The molecule has 0 heterocycles. The molecule has 0 saturated carbocycles. The first kappa shape index (κ1) is 14.5. The molecule has 0 unspecified atom stereocenters. The van der Waals surface area contributed by atoms with Crippen LogP contribution in [-0.2, 0) is 14.3 Å². The number of likely N-dealkylation sites (N-methyl/N-ethyl adjacent to an activating group) is 1. The lowest BCUT2D eigenvalue weighted by Crippen LogP contribution is -2.30. The van der Waals surface area contributed by atoms with E-state index in [-0.39, 0.29) is 12.5 Å². The smallest absolute Gasteiger partial charge is 0.252 e. The average Bonchev–Trinajstić information content (AvgIpc) is 2.50. The van der Waals surface area contributed by atoms with Crippen LogP contribution in [0.15, 0.2) is 42.5 Å². The Hall–Kier alpha value is -1.91. The number of carbonyl (C=O) groups excluding carboxylic acids is 1. The van der Waals surface area contributed by atoms with E-state index in [1.807, 2.05) is 36.4 Å². The van der Waals surface area contributed by atoms with Gasteiger partial charge in [0.1, 0.15) is 6.61 Å². The van der Waals surface area contributed by atoms with Crippen LogP contribution in [-0.4, -0.2) is 39.9 Å². The predicted molar refractivity (Wildman–Crippen MR) is 80.1 cm³/mol. The van der Waals surface area contributed by atoms with E-state index in [1.54, 1.807) is 19.1 Å². The second-order valence-corrected chi connectivity index (χ2v) is 4.53. The first-order valence-corrected chi connectivity index (χ1v) is 6.54. The summed E-state index contributed by atoms with van der Waals surface area (Å²) in [4.78, 5) is 13.6. The van der Waals surface area contributed by atoms with Gasteiger partial charge in [-0.2, -0.15) is 0 Å². The monoisotopic (exact) mass is 273 g/mol. The fraction of sp³-hybridized carbons (Fsp3) is 0.312. The zero-order valence-corrected chi connectivity index (χ0v) is 11.8. The van der Waals surface area contributed by atoms with E-state index in [0.29, 0.717) is 13.2 Å². The van der Waals surface area contributed by atoms with Crippen LogP contribution in [0.3, 0.4) is 0 Å². The van der Waals surface area contributed by atoms with Gasteiger partial charge in [-0.1, -0.05) is 30.3 Å². The van der Waals surface area contributed by atoms with E-state index < -0.39 is 0 Å². The van der Waals surface area contributed by atoms with E-state index in [1.165, 1.54) is 0 Å². The van der Waals surface area contributed by atoms with Gasteiger partial charge in [0.15, 0.2) is 0 Å². The molecule has 0 atom stereocenters. The molecule has 20 heavy (non-hydrogen) atoms. The molecule has 0 radical (unpaired) electrons. The van der Waals surface area contributed by atoms with Crippen LogP contribution in [0.2, 0.25) is 0 Å². The maximum atomic E-state index is 12.0. The number of hydrogen-bond donors (Lipinski definition) is 0. The molecule has 0 spiro atoms. The Bertz CT molecular complexity index is 583. The molecule has 0 aliphatic heterocycles. The minimum absolute atomic E-state index is 0.0622. The SMILES string of the molecule is COCCOCC(=O)N(C)c1ccc2ccccc2c1. The van der Waals surface area contributed by atoms with Crippen LogP contribution in [0.4, 0.5) is 5.69 Å². The van der Waals surface area contributed by atoms with Crippen molar-refractivity contribution in [3.05, 3.63) is 42.5 Å². The molecule has 1 amide bonds. The summed E-state index contributed by atoms with van der Waals surface area (Å²) >= 11 is 0. The van der Waals surface area contributed by atoms with Crippen molar-refractivity contribution in [3.8, 4) is 0 Å². The highest BCUT2D eigenvalue weighted by Crippen LogP contribution is 2.21. The molecule has 0 bridgehead atoms. The zero-order valence-electron chi connectivity index (χ0n) is 11.8. The van der Waals surface area contributed by atoms with Crippen molar-refractivity contribution in [2.75, 3.05) is 38.9 Å². The van der Waals surface area contributed by atoms with Crippen molar-refractivity contribution in [3.63, 3.8) is 0 Å². The summed E-state index contributed by atoms with van der Waals surface area (Å²) in [5, 5.41) is 2.28. The van der Waals surface area contributed by atoms with Crippen molar-refractivity contribution in [1.82, 2.24) is 0 Å². The van der Waals surface area contributed by atoms with Gasteiger partial charge in [-0.05, 0) is 22.9 Å². The number of methoxy groups -OCH3 is 1. The molecule has 2 rings (SSSR count). The maximum absolute atomic E-state index is 12.0. The highest BCUT2D eigenvalue weighted by Gasteiger charge is 2.11. The number of rotatable bonds is 6. The quantitative estimate of drug-likeness (QED) is 0.759. The van der Waals surface area contributed by atoms with Crippen molar-refractivity contribution >= 4 is 22.4 Å². The fourth-order valence-corrected chi connectivity index (χ4v) is 1.93. The number of carbonyl (C=O) groups is 1. The van der Waals surface area contributed by atoms with E-state index >= 15 is 0 Å². The Kier molecular flexibility index (Phi) is 5.09. The van der Waals surface area contributed by atoms with Crippen molar-refractivity contribution in [2.24, 2.45) is 0 Å². The molecular weight excluding hydrogens is 254 g/mol. The van der Waals surface area contributed by atoms with E-state index in [2.05, 4.69) is 6.07 Å². The number of nitrogens with zero attached hydrogens (tertiary/aromatic N) is 1. The molecular formula is C16H19NO3. The van der Waals surface area contributed by atoms with Gasteiger partial charge in [0.25, 0.3) is 5.91 Å². The largest absolute Gasteiger partial charge is 0.382 e. The van der Waals surface area contributed by atoms with E-state index in [4.69, 9.17) is 9.47 Å². The summed E-state index contributed by atoms with van der Waals surface area (Å²) in [5.74, 6) is -0.0728. The van der Waals surface area contributed by atoms with Gasteiger partial charge in [0, 0.05) is 19.8 Å². The van der Waals surface area contributed by atoms with Gasteiger partial charge in [0.05, 0.1) is 13.2 Å². The number of hydrogen-bond acceptors (Lipinski definition) is 3. The van der Waals surface area contributed by atoms with Crippen LogP contribution < -0.4 is 4.90 Å². The third kappa shape index (κ3) is 3.56. The molecule has 0 N–H and O–H groups in total. The zero-order chi connectivity index (χ0) is 14.4. The molecule has 0 aliphatic carbocycles. The van der Waals surface area contributed by atoms with E-state index in [9.17, 15) is 4.79 Å². The van der Waals surface area contributed by atoms with Crippen LogP contribution in [0.1, 0.15) is 0 Å². The first-order valence-electron chi connectivity index (χ1n) is 6.54. The Balaban J connectivity index is 2.02. The Morgan fingerprint density at radius 2 is 1.85 bits per heavy atom. The molecule has 2 aromatic carbocycles. The molecule has 4 nitrogen and oxygen atoms in total. The van der Waals surface area contributed by atoms with Gasteiger partial charge < -0.3 is 14.4 Å². The molecule has 0 aromatic heterocycles. The molecule has 4 heteroatoms. The predicted octanol–water partition coefficient (Wildman–Crippen LogP) is 2.47. The molecule has 0 aliphatic rings. The lowest BCUT2D eigenvalue weighted by Gasteiger charge is -2.18. The van der Waals surface area contributed by atoms with Crippen LogP contribution in [0, 0.1) is 0 Å². The summed E-state index contributed by atoms with van der Waals surface area (Å²) in [7, 11) is 3.36. The lowest BCUT2D eigenvalue weighted by atomic mass is 10.1. The highest BCUT2D eigenvalue weighted by atomic mass is 16.5. The summed E-state index contributed by atoms with van der Waals surface area (Å²) in [5.41, 5.74) is 0.865. The molecule has 0 saturated heterocycles. The van der Waals surface area contributed by atoms with Crippen molar-refractivity contribution < 1.29 is 14.3 Å². The summed E-state index contributed by atoms with van der Waals surface area (Å²) in [6, 6.07) is 14.0. The second kappa shape index (κ2) is 7.03.